The lowest BCUT2D eigenvalue weighted by Gasteiger charge is -2.31. The lowest BCUT2D eigenvalue weighted by molar-refractivity contribution is -0.155. The van der Waals surface area contributed by atoms with Crippen molar-refractivity contribution in [1.29, 1.82) is 0 Å². The van der Waals surface area contributed by atoms with Gasteiger partial charge in [-0.25, -0.2) is 4.79 Å². The van der Waals surface area contributed by atoms with E-state index in [4.69, 9.17) is 9.47 Å². The summed E-state index contributed by atoms with van der Waals surface area (Å²) in [5.41, 5.74) is 1.01. The van der Waals surface area contributed by atoms with Gasteiger partial charge < -0.3 is 14.4 Å². The van der Waals surface area contributed by atoms with Gasteiger partial charge in [-0.3, -0.25) is 5.32 Å². The molecule has 1 saturated heterocycles. The lowest BCUT2D eigenvalue weighted by Crippen LogP contribution is -2.48. The molecular formula is C13H18N4O3. The van der Waals surface area contributed by atoms with E-state index >= 15 is 0 Å². The van der Waals surface area contributed by atoms with Gasteiger partial charge >= 0.3 is 6.03 Å². The van der Waals surface area contributed by atoms with Crippen LogP contribution in [0.2, 0.25) is 0 Å². The summed E-state index contributed by atoms with van der Waals surface area (Å²) in [5.74, 6) is 1.04. The first-order chi connectivity index (χ1) is 9.76. The number of carbonyl (C=O) groups is 1. The molecule has 1 aromatic rings. The van der Waals surface area contributed by atoms with E-state index in [2.05, 4.69) is 15.5 Å². The number of hydrogen-bond acceptors (Lipinski definition) is 5. The summed E-state index contributed by atoms with van der Waals surface area (Å²) in [6, 6.07) is 3.52. The second-order valence-corrected chi connectivity index (χ2v) is 5.03. The van der Waals surface area contributed by atoms with Crippen LogP contribution in [0.5, 0.6) is 0 Å². The van der Waals surface area contributed by atoms with Crippen molar-refractivity contribution in [2.24, 2.45) is 0 Å². The number of hydrogen-bond donors (Lipinski definition) is 1. The van der Waals surface area contributed by atoms with Crippen LogP contribution in [-0.4, -0.2) is 54.2 Å². The quantitative estimate of drug-likeness (QED) is 0.898. The van der Waals surface area contributed by atoms with Gasteiger partial charge in [0.15, 0.2) is 12.1 Å². The Bertz CT molecular complexity index is 475. The van der Waals surface area contributed by atoms with Crippen molar-refractivity contribution in [3.63, 3.8) is 0 Å². The van der Waals surface area contributed by atoms with Gasteiger partial charge in [0.1, 0.15) is 0 Å². The number of amides is 2. The Morgan fingerprint density at radius 1 is 1.45 bits per heavy atom. The van der Waals surface area contributed by atoms with Crippen molar-refractivity contribution in [3.05, 3.63) is 17.8 Å². The van der Waals surface area contributed by atoms with E-state index in [1.54, 1.807) is 18.1 Å². The molecule has 108 valence electrons. The van der Waals surface area contributed by atoms with Crippen molar-refractivity contribution in [3.8, 4) is 0 Å². The molecular weight excluding hydrogens is 260 g/mol. The fraction of sp³-hybridized carbons (Fsp3) is 0.615. The minimum Gasteiger partial charge on any atom is -0.354 e. The molecule has 0 spiro atoms. The summed E-state index contributed by atoms with van der Waals surface area (Å²) < 4.78 is 10.4. The number of nitrogens with zero attached hydrogens (tertiary/aromatic N) is 3. The Morgan fingerprint density at radius 3 is 2.95 bits per heavy atom. The van der Waals surface area contributed by atoms with Crippen molar-refractivity contribution in [2.45, 2.75) is 25.0 Å². The molecule has 0 bridgehead atoms. The van der Waals surface area contributed by atoms with Crippen LogP contribution < -0.4 is 5.32 Å². The maximum absolute atomic E-state index is 12.1. The molecule has 1 aliphatic heterocycles. The van der Waals surface area contributed by atoms with Crippen LogP contribution >= 0.6 is 0 Å². The molecule has 1 N–H and O–H groups in total. The van der Waals surface area contributed by atoms with Gasteiger partial charge in [0.05, 0.1) is 18.8 Å². The standard InChI is InChI=1S/C13H18N4O3/c1-19-12-8-17(6-7-20-12)13(18)14-11-5-4-10(15-16-11)9-2-3-9/h4-5,9,12H,2-3,6-8H2,1H3,(H,14,16,18). The Morgan fingerprint density at radius 2 is 2.30 bits per heavy atom. The monoisotopic (exact) mass is 278 g/mol. The molecule has 7 heteroatoms. The van der Waals surface area contributed by atoms with Gasteiger partial charge in [0.2, 0.25) is 0 Å². The highest BCUT2D eigenvalue weighted by Gasteiger charge is 2.26. The molecule has 1 aliphatic carbocycles. The van der Waals surface area contributed by atoms with Gasteiger partial charge in [0, 0.05) is 19.6 Å². The van der Waals surface area contributed by atoms with Crippen LogP contribution in [0.25, 0.3) is 0 Å². The number of carbonyl (C=O) groups excluding carboxylic acids is 1. The summed E-state index contributed by atoms with van der Waals surface area (Å²) in [6.07, 6.45) is 2.01. The molecule has 2 aliphatic rings. The van der Waals surface area contributed by atoms with Crippen LogP contribution in [0.3, 0.4) is 0 Å². The van der Waals surface area contributed by atoms with Crippen molar-refractivity contribution in [1.82, 2.24) is 15.1 Å². The zero-order valence-electron chi connectivity index (χ0n) is 11.4. The van der Waals surface area contributed by atoms with E-state index in [0.29, 0.717) is 31.4 Å². The first kappa shape index (κ1) is 13.3. The van der Waals surface area contributed by atoms with Crippen LogP contribution in [-0.2, 0) is 9.47 Å². The van der Waals surface area contributed by atoms with Crippen LogP contribution in [0.1, 0.15) is 24.5 Å². The fourth-order valence-electron chi connectivity index (χ4n) is 2.14. The third-order valence-electron chi connectivity index (χ3n) is 3.50. The number of urea groups is 1. The van der Waals surface area contributed by atoms with Gasteiger partial charge in [-0.2, -0.15) is 5.10 Å². The molecule has 2 amide bonds. The SMILES string of the molecule is COC1CN(C(=O)Nc2ccc(C3CC3)nn2)CCO1. The van der Waals surface area contributed by atoms with Gasteiger partial charge in [-0.15, -0.1) is 5.10 Å². The average Bonchev–Trinajstić information content (AvgIpc) is 3.33. The normalized spacial score (nSPS) is 22.6. The molecule has 1 saturated carbocycles. The van der Waals surface area contributed by atoms with Crippen molar-refractivity contribution in [2.75, 3.05) is 32.1 Å². The molecule has 20 heavy (non-hydrogen) atoms. The summed E-state index contributed by atoms with van der Waals surface area (Å²) >= 11 is 0. The topological polar surface area (TPSA) is 76.6 Å². The van der Waals surface area contributed by atoms with Gasteiger partial charge in [0.25, 0.3) is 0 Å². The summed E-state index contributed by atoms with van der Waals surface area (Å²) in [6.45, 7) is 1.42. The maximum Gasteiger partial charge on any atom is 0.323 e. The predicted molar refractivity (Wildman–Crippen MR) is 71.3 cm³/mol. The fourth-order valence-corrected chi connectivity index (χ4v) is 2.14. The number of anilines is 1. The third-order valence-corrected chi connectivity index (χ3v) is 3.50. The van der Waals surface area contributed by atoms with E-state index in [9.17, 15) is 4.79 Å². The molecule has 7 nitrogen and oxygen atoms in total. The first-order valence-electron chi connectivity index (χ1n) is 6.80. The molecule has 0 aromatic carbocycles. The lowest BCUT2D eigenvalue weighted by atomic mass is 10.3. The van der Waals surface area contributed by atoms with Crippen LogP contribution in [0, 0.1) is 0 Å². The first-order valence-corrected chi connectivity index (χ1v) is 6.80. The number of morpholine rings is 1. The Balaban J connectivity index is 1.57. The molecule has 1 aromatic heterocycles. The zero-order chi connectivity index (χ0) is 13.9. The van der Waals surface area contributed by atoms with E-state index < -0.39 is 0 Å². The highest BCUT2D eigenvalue weighted by atomic mass is 16.7. The molecule has 0 radical (unpaired) electrons. The van der Waals surface area contributed by atoms with Crippen molar-refractivity contribution < 1.29 is 14.3 Å². The highest BCUT2D eigenvalue weighted by Crippen LogP contribution is 2.38. The summed E-state index contributed by atoms with van der Waals surface area (Å²) in [7, 11) is 1.56. The zero-order valence-corrected chi connectivity index (χ0v) is 11.4. The Kier molecular flexibility index (Phi) is 3.79. The minimum atomic E-state index is -0.363. The van der Waals surface area contributed by atoms with Crippen LogP contribution in [0.4, 0.5) is 10.6 Å². The number of aromatic nitrogens is 2. The highest BCUT2D eigenvalue weighted by molar-refractivity contribution is 5.88. The second kappa shape index (κ2) is 5.72. The Labute approximate surface area is 117 Å². The van der Waals surface area contributed by atoms with E-state index in [-0.39, 0.29) is 12.3 Å². The average molecular weight is 278 g/mol. The summed E-state index contributed by atoms with van der Waals surface area (Å²) in [4.78, 5) is 13.7. The van der Waals surface area contributed by atoms with Crippen LogP contribution in [0.15, 0.2) is 12.1 Å². The van der Waals surface area contributed by atoms with E-state index in [1.807, 2.05) is 6.07 Å². The van der Waals surface area contributed by atoms with E-state index in [0.717, 1.165) is 5.69 Å². The molecule has 1 atom stereocenters. The number of ether oxygens (including phenoxy) is 2. The largest absolute Gasteiger partial charge is 0.354 e. The smallest absolute Gasteiger partial charge is 0.323 e. The van der Waals surface area contributed by atoms with Gasteiger partial charge in [-0.1, -0.05) is 0 Å². The number of nitrogens with one attached hydrogen (secondary N) is 1. The molecule has 3 rings (SSSR count). The number of rotatable bonds is 3. The minimum absolute atomic E-state index is 0.205. The summed E-state index contributed by atoms with van der Waals surface area (Å²) in [5, 5.41) is 10.9. The molecule has 2 fully saturated rings. The Hall–Kier alpha value is -1.73. The van der Waals surface area contributed by atoms with Gasteiger partial charge in [-0.05, 0) is 25.0 Å². The maximum atomic E-state index is 12.1. The third kappa shape index (κ3) is 3.05. The second-order valence-electron chi connectivity index (χ2n) is 5.03. The van der Waals surface area contributed by atoms with E-state index in [1.165, 1.54) is 12.8 Å². The molecule has 1 unspecified atom stereocenters. The molecule has 2 heterocycles. The van der Waals surface area contributed by atoms with Crippen molar-refractivity contribution >= 4 is 11.8 Å². The predicted octanol–water partition coefficient (Wildman–Crippen LogP) is 1.19. The number of methoxy groups -OCH3 is 1.